The van der Waals surface area contributed by atoms with Gasteiger partial charge in [0.05, 0.1) is 26.0 Å². The van der Waals surface area contributed by atoms with Crippen molar-refractivity contribution in [2.45, 2.75) is 39.3 Å². The molecule has 0 saturated carbocycles. The van der Waals surface area contributed by atoms with E-state index in [0.717, 1.165) is 38.4 Å². The van der Waals surface area contributed by atoms with Crippen LogP contribution in [0.1, 0.15) is 37.5 Å². The molecule has 19 heavy (non-hydrogen) atoms. The molecule has 4 nitrogen and oxygen atoms in total. The maximum absolute atomic E-state index is 5.76. The molecule has 0 aromatic carbocycles. The number of furan rings is 1. The first-order valence-electron chi connectivity index (χ1n) is 7.46. The number of nitrogens with one attached hydrogen (secondary N) is 1. The van der Waals surface area contributed by atoms with Gasteiger partial charge >= 0.3 is 0 Å². The second-order valence-corrected chi connectivity index (χ2v) is 5.15. The van der Waals surface area contributed by atoms with Crippen LogP contribution in [0, 0.1) is 0 Å². The van der Waals surface area contributed by atoms with E-state index in [4.69, 9.17) is 9.15 Å². The SMILES string of the molecule is CCCNCc1occc1COCCN1CCCC1. The van der Waals surface area contributed by atoms with Crippen LogP contribution >= 0.6 is 0 Å². The molecule has 0 unspecified atom stereocenters. The van der Waals surface area contributed by atoms with Crippen LogP contribution in [0.4, 0.5) is 0 Å². The first-order valence-corrected chi connectivity index (χ1v) is 7.46. The molecule has 0 spiro atoms. The van der Waals surface area contributed by atoms with Gasteiger partial charge in [0.25, 0.3) is 0 Å². The highest BCUT2D eigenvalue weighted by Gasteiger charge is 2.11. The average molecular weight is 266 g/mol. The standard InChI is InChI=1S/C15H26N2O2/c1-2-6-16-12-15-14(5-10-19-15)13-18-11-9-17-7-3-4-8-17/h5,10,16H,2-4,6-9,11-13H2,1H3. The van der Waals surface area contributed by atoms with E-state index in [1.54, 1.807) is 6.26 Å². The lowest BCUT2D eigenvalue weighted by Gasteiger charge is -2.14. The molecular weight excluding hydrogens is 240 g/mol. The third-order valence-corrected chi connectivity index (χ3v) is 3.56. The smallest absolute Gasteiger partial charge is 0.123 e. The monoisotopic (exact) mass is 266 g/mol. The van der Waals surface area contributed by atoms with Crippen molar-refractivity contribution in [3.05, 3.63) is 23.7 Å². The highest BCUT2D eigenvalue weighted by molar-refractivity contribution is 5.15. The maximum atomic E-state index is 5.76. The largest absolute Gasteiger partial charge is 0.468 e. The maximum Gasteiger partial charge on any atom is 0.123 e. The predicted molar refractivity (Wildman–Crippen MR) is 76.0 cm³/mol. The molecular formula is C15H26N2O2. The Morgan fingerprint density at radius 1 is 1.37 bits per heavy atom. The zero-order valence-corrected chi connectivity index (χ0v) is 12.0. The fraction of sp³-hybridized carbons (Fsp3) is 0.733. The highest BCUT2D eigenvalue weighted by atomic mass is 16.5. The number of ether oxygens (including phenoxy) is 1. The Morgan fingerprint density at radius 3 is 3.00 bits per heavy atom. The normalized spacial score (nSPS) is 16.3. The summed E-state index contributed by atoms with van der Waals surface area (Å²) in [6.07, 6.45) is 5.58. The number of likely N-dealkylation sites (tertiary alicyclic amines) is 1. The van der Waals surface area contributed by atoms with Gasteiger partial charge in [0.15, 0.2) is 0 Å². The summed E-state index contributed by atoms with van der Waals surface area (Å²) in [5, 5.41) is 3.36. The average Bonchev–Trinajstić information content (AvgIpc) is 3.06. The van der Waals surface area contributed by atoms with Crippen LogP contribution in [0.2, 0.25) is 0 Å². The Kier molecular flexibility index (Phi) is 6.41. The molecule has 4 heteroatoms. The van der Waals surface area contributed by atoms with Gasteiger partial charge in [0.1, 0.15) is 5.76 Å². The van der Waals surface area contributed by atoms with Crippen molar-refractivity contribution in [2.24, 2.45) is 0 Å². The molecule has 0 aliphatic carbocycles. The topological polar surface area (TPSA) is 37.6 Å². The van der Waals surface area contributed by atoms with Gasteiger partial charge in [-0.1, -0.05) is 6.92 Å². The summed E-state index contributed by atoms with van der Waals surface area (Å²) >= 11 is 0. The first kappa shape index (κ1) is 14.6. The van der Waals surface area contributed by atoms with Crippen molar-refractivity contribution in [3.8, 4) is 0 Å². The second-order valence-electron chi connectivity index (χ2n) is 5.15. The molecule has 0 atom stereocenters. The Labute approximate surface area is 116 Å². The van der Waals surface area contributed by atoms with Gasteiger partial charge in [-0.2, -0.15) is 0 Å². The summed E-state index contributed by atoms with van der Waals surface area (Å²) in [6, 6.07) is 2.01. The first-order chi connectivity index (χ1) is 9.40. The lowest BCUT2D eigenvalue weighted by atomic mass is 10.2. The summed E-state index contributed by atoms with van der Waals surface area (Å²) in [7, 11) is 0. The minimum absolute atomic E-state index is 0.660. The van der Waals surface area contributed by atoms with Gasteiger partial charge in [-0.05, 0) is 45.0 Å². The van der Waals surface area contributed by atoms with Crippen molar-refractivity contribution < 1.29 is 9.15 Å². The molecule has 0 amide bonds. The van der Waals surface area contributed by atoms with Crippen molar-refractivity contribution in [1.29, 1.82) is 0 Å². The van der Waals surface area contributed by atoms with Gasteiger partial charge in [0, 0.05) is 12.1 Å². The Balaban J connectivity index is 1.63. The minimum atomic E-state index is 0.660. The van der Waals surface area contributed by atoms with E-state index in [-0.39, 0.29) is 0 Å². The number of hydrogen-bond donors (Lipinski definition) is 1. The van der Waals surface area contributed by atoms with Gasteiger partial charge in [-0.25, -0.2) is 0 Å². The van der Waals surface area contributed by atoms with Crippen LogP contribution in [0.3, 0.4) is 0 Å². The van der Waals surface area contributed by atoms with E-state index in [9.17, 15) is 0 Å². The van der Waals surface area contributed by atoms with Crippen molar-refractivity contribution in [1.82, 2.24) is 10.2 Å². The van der Waals surface area contributed by atoms with Gasteiger partial charge < -0.3 is 19.4 Å². The molecule has 108 valence electrons. The molecule has 0 bridgehead atoms. The predicted octanol–water partition coefficient (Wildman–Crippen LogP) is 2.39. The van der Waals surface area contributed by atoms with Crippen molar-refractivity contribution in [3.63, 3.8) is 0 Å². The lowest BCUT2D eigenvalue weighted by Crippen LogP contribution is -2.24. The molecule has 1 aliphatic rings. The van der Waals surface area contributed by atoms with E-state index in [1.807, 2.05) is 6.07 Å². The van der Waals surface area contributed by atoms with Gasteiger partial charge in [-0.3, -0.25) is 0 Å². The zero-order chi connectivity index (χ0) is 13.3. The number of hydrogen-bond acceptors (Lipinski definition) is 4. The Hall–Kier alpha value is -0.840. The zero-order valence-electron chi connectivity index (χ0n) is 12.0. The van der Waals surface area contributed by atoms with E-state index in [0.29, 0.717) is 6.61 Å². The molecule has 2 rings (SSSR count). The van der Waals surface area contributed by atoms with Crippen LogP contribution in [0.5, 0.6) is 0 Å². The van der Waals surface area contributed by atoms with Crippen molar-refractivity contribution >= 4 is 0 Å². The van der Waals surface area contributed by atoms with Crippen LogP contribution in [-0.2, 0) is 17.9 Å². The van der Waals surface area contributed by atoms with Crippen LogP contribution in [-0.4, -0.2) is 37.7 Å². The highest BCUT2D eigenvalue weighted by Crippen LogP contribution is 2.12. The Bertz CT molecular complexity index is 346. The summed E-state index contributed by atoms with van der Waals surface area (Å²) in [5.74, 6) is 1.01. The van der Waals surface area contributed by atoms with E-state index in [1.165, 1.54) is 31.5 Å². The van der Waals surface area contributed by atoms with E-state index in [2.05, 4.69) is 17.1 Å². The summed E-state index contributed by atoms with van der Waals surface area (Å²) in [5.41, 5.74) is 1.17. The lowest BCUT2D eigenvalue weighted by molar-refractivity contribution is 0.0982. The molecule has 1 N–H and O–H groups in total. The molecule has 0 radical (unpaired) electrons. The number of rotatable bonds is 9. The van der Waals surface area contributed by atoms with Gasteiger partial charge in [-0.15, -0.1) is 0 Å². The molecule has 1 fully saturated rings. The third kappa shape index (κ3) is 4.97. The van der Waals surface area contributed by atoms with Crippen LogP contribution in [0.15, 0.2) is 16.7 Å². The number of nitrogens with zero attached hydrogens (tertiary/aromatic N) is 1. The molecule has 1 aromatic heterocycles. The molecule has 1 saturated heterocycles. The fourth-order valence-electron chi connectivity index (χ4n) is 2.41. The molecule has 1 aliphatic heterocycles. The molecule has 2 heterocycles. The van der Waals surface area contributed by atoms with Crippen molar-refractivity contribution in [2.75, 3.05) is 32.8 Å². The fourth-order valence-corrected chi connectivity index (χ4v) is 2.41. The third-order valence-electron chi connectivity index (χ3n) is 3.56. The van der Waals surface area contributed by atoms with E-state index < -0.39 is 0 Å². The quantitative estimate of drug-likeness (QED) is 0.696. The van der Waals surface area contributed by atoms with Crippen LogP contribution < -0.4 is 5.32 Å². The molecule has 1 aromatic rings. The summed E-state index contributed by atoms with van der Waals surface area (Å²) < 4.78 is 11.2. The summed E-state index contributed by atoms with van der Waals surface area (Å²) in [4.78, 5) is 2.47. The second kappa shape index (κ2) is 8.35. The summed E-state index contributed by atoms with van der Waals surface area (Å²) in [6.45, 7) is 8.99. The minimum Gasteiger partial charge on any atom is -0.468 e. The Morgan fingerprint density at radius 2 is 2.21 bits per heavy atom. The van der Waals surface area contributed by atoms with E-state index >= 15 is 0 Å². The van der Waals surface area contributed by atoms with Gasteiger partial charge in [0.2, 0.25) is 0 Å². The van der Waals surface area contributed by atoms with Crippen LogP contribution in [0.25, 0.3) is 0 Å².